The largest absolute Gasteiger partial charge is 0.311 e. The molecule has 0 bridgehead atoms. The van der Waals surface area contributed by atoms with Gasteiger partial charge in [-0.25, -0.2) is 8.42 Å². The third kappa shape index (κ3) is 3.75. The Morgan fingerprint density at radius 3 is 2.16 bits per heavy atom. The summed E-state index contributed by atoms with van der Waals surface area (Å²) in [6.45, 7) is 6.19. The van der Waals surface area contributed by atoms with Gasteiger partial charge in [0.1, 0.15) is 6.04 Å². The van der Waals surface area contributed by atoms with Crippen molar-refractivity contribution in [2.75, 3.05) is 11.4 Å². The number of rotatable bonds is 4. The molecule has 0 spiro atoms. The Balaban J connectivity index is 1.79. The number of aryl methyl sites for hydroxylation is 3. The van der Waals surface area contributed by atoms with E-state index in [4.69, 9.17) is 0 Å². The fraction of sp³-hybridized carbons (Fsp3) is 0.316. The average Bonchev–Trinajstić information content (AvgIpc) is 2.88. The van der Waals surface area contributed by atoms with Gasteiger partial charge < -0.3 is 4.90 Å². The van der Waals surface area contributed by atoms with Gasteiger partial charge in [-0.15, -0.1) is 0 Å². The van der Waals surface area contributed by atoms with Crippen molar-refractivity contribution < 1.29 is 13.2 Å². The second-order valence-corrected chi connectivity index (χ2v) is 8.33. The molecule has 2 aromatic rings. The van der Waals surface area contributed by atoms with Crippen LogP contribution in [-0.4, -0.2) is 26.9 Å². The van der Waals surface area contributed by atoms with Gasteiger partial charge in [-0.05, 0) is 62.6 Å². The van der Waals surface area contributed by atoms with Gasteiger partial charge in [0, 0.05) is 12.2 Å². The monoisotopic (exact) mass is 358 g/mol. The number of hydrogen-bond acceptors (Lipinski definition) is 3. The minimum Gasteiger partial charge on any atom is -0.311 e. The molecule has 0 radical (unpaired) electrons. The molecule has 0 aliphatic carbocycles. The van der Waals surface area contributed by atoms with Gasteiger partial charge in [0.05, 0.1) is 4.90 Å². The van der Waals surface area contributed by atoms with E-state index in [1.54, 1.807) is 17.0 Å². The highest BCUT2D eigenvalue weighted by molar-refractivity contribution is 7.89. The van der Waals surface area contributed by atoms with E-state index in [-0.39, 0.29) is 10.8 Å². The van der Waals surface area contributed by atoms with Crippen LogP contribution in [0.5, 0.6) is 0 Å². The molecule has 5 nitrogen and oxygen atoms in total. The van der Waals surface area contributed by atoms with Crippen LogP contribution in [0.2, 0.25) is 0 Å². The Hall–Kier alpha value is -2.18. The molecule has 1 fully saturated rings. The molecular weight excluding hydrogens is 336 g/mol. The maximum Gasteiger partial charge on any atom is 0.245 e. The van der Waals surface area contributed by atoms with Crippen LogP contribution < -0.4 is 9.62 Å². The highest BCUT2D eigenvalue weighted by atomic mass is 32.2. The summed E-state index contributed by atoms with van der Waals surface area (Å²) in [6.07, 6.45) is 0.455. The second-order valence-electron chi connectivity index (χ2n) is 6.61. The lowest BCUT2D eigenvalue weighted by molar-refractivity contribution is -0.118. The van der Waals surface area contributed by atoms with Crippen molar-refractivity contribution in [1.29, 1.82) is 0 Å². The summed E-state index contributed by atoms with van der Waals surface area (Å²) in [5.41, 5.74) is 3.66. The van der Waals surface area contributed by atoms with E-state index in [1.165, 1.54) is 0 Å². The first-order chi connectivity index (χ1) is 11.8. The number of hydrogen-bond donors (Lipinski definition) is 1. The van der Waals surface area contributed by atoms with Crippen LogP contribution in [-0.2, 0) is 14.8 Å². The van der Waals surface area contributed by atoms with E-state index in [1.807, 2.05) is 51.1 Å². The van der Waals surface area contributed by atoms with Crippen LogP contribution >= 0.6 is 0 Å². The van der Waals surface area contributed by atoms with Gasteiger partial charge in [-0.2, -0.15) is 4.72 Å². The molecular formula is C19H22N2O3S. The van der Waals surface area contributed by atoms with Gasteiger partial charge >= 0.3 is 0 Å². The topological polar surface area (TPSA) is 66.5 Å². The molecule has 2 aromatic carbocycles. The minimum absolute atomic E-state index is 0.201. The predicted molar refractivity (Wildman–Crippen MR) is 98.2 cm³/mol. The molecule has 1 unspecified atom stereocenters. The molecule has 1 N–H and O–H groups in total. The fourth-order valence-corrected chi connectivity index (χ4v) is 4.53. The summed E-state index contributed by atoms with van der Waals surface area (Å²) in [6, 6.07) is 12.1. The van der Waals surface area contributed by atoms with Crippen LogP contribution in [0.15, 0.2) is 47.4 Å². The lowest BCUT2D eigenvalue weighted by Gasteiger charge is -2.17. The van der Waals surface area contributed by atoms with Gasteiger partial charge in [0.25, 0.3) is 0 Å². The van der Waals surface area contributed by atoms with Crippen LogP contribution in [0.4, 0.5) is 5.69 Å². The van der Waals surface area contributed by atoms with Gasteiger partial charge in [-0.1, -0.05) is 23.8 Å². The lowest BCUT2D eigenvalue weighted by Crippen LogP contribution is -2.41. The molecule has 1 atom stereocenters. The van der Waals surface area contributed by atoms with E-state index in [0.717, 1.165) is 22.4 Å². The number of carbonyl (C=O) groups is 1. The Bertz CT molecular complexity index is 885. The Kier molecular flexibility index (Phi) is 4.67. The van der Waals surface area contributed by atoms with Crippen molar-refractivity contribution >= 4 is 21.6 Å². The van der Waals surface area contributed by atoms with E-state index < -0.39 is 16.1 Å². The number of sulfonamides is 1. The number of nitrogens with one attached hydrogen (secondary N) is 1. The van der Waals surface area contributed by atoms with E-state index in [0.29, 0.717) is 13.0 Å². The summed E-state index contributed by atoms with van der Waals surface area (Å²) in [7, 11) is -3.73. The highest BCUT2D eigenvalue weighted by Gasteiger charge is 2.35. The van der Waals surface area contributed by atoms with E-state index >= 15 is 0 Å². The van der Waals surface area contributed by atoms with E-state index in [2.05, 4.69) is 4.72 Å². The standard InChI is InChI=1S/C19H22N2O3S/c1-13-4-6-16(7-5-13)21-9-8-18(19(21)22)20-25(23,24)17-11-14(2)10-15(3)12-17/h4-7,10-12,18,20H,8-9H2,1-3H3. The molecule has 0 aromatic heterocycles. The number of benzene rings is 2. The molecule has 6 heteroatoms. The minimum atomic E-state index is -3.73. The maximum absolute atomic E-state index is 12.6. The fourth-order valence-electron chi connectivity index (χ4n) is 3.11. The second kappa shape index (κ2) is 6.61. The van der Waals surface area contributed by atoms with Crippen LogP contribution in [0.1, 0.15) is 23.1 Å². The third-order valence-corrected chi connectivity index (χ3v) is 5.81. The molecule has 3 rings (SSSR count). The number of amides is 1. The Morgan fingerprint density at radius 1 is 0.960 bits per heavy atom. The normalized spacial score (nSPS) is 18.0. The summed E-state index contributed by atoms with van der Waals surface area (Å²) in [5, 5.41) is 0. The molecule has 0 saturated carbocycles. The number of carbonyl (C=O) groups excluding carboxylic acids is 1. The van der Waals surface area contributed by atoms with Crippen molar-refractivity contribution in [2.45, 2.75) is 38.1 Å². The maximum atomic E-state index is 12.6. The first-order valence-electron chi connectivity index (χ1n) is 8.25. The van der Waals surface area contributed by atoms with Crippen LogP contribution in [0.3, 0.4) is 0 Å². The summed E-state index contributed by atoms with van der Waals surface area (Å²) in [4.78, 5) is 14.5. The van der Waals surface area contributed by atoms with Crippen molar-refractivity contribution in [2.24, 2.45) is 0 Å². The van der Waals surface area contributed by atoms with E-state index in [9.17, 15) is 13.2 Å². The van der Waals surface area contributed by atoms with Crippen LogP contribution in [0, 0.1) is 20.8 Å². The summed E-state index contributed by atoms with van der Waals surface area (Å²) < 4.78 is 27.9. The number of anilines is 1. The van der Waals surface area contributed by atoms with Gasteiger partial charge in [0.2, 0.25) is 15.9 Å². The molecule has 1 heterocycles. The third-order valence-electron chi connectivity index (χ3n) is 4.35. The Morgan fingerprint density at radius 2 is 1.56 bits per heavy atom. The van der Waals surface area contributed by atoms with Gasteiger partial charge in [-0.3, -0.25) is 4.79 Å². The van der Waals surface area contributed by atoms with Crippen LogP contribution in [0.25, 0.3) is 0 Å². The summed E-state index contributed by atoms with van der Waals surface area (Å²) >= 11 is 0. The highest BCUT2D eigenvalue weighted by Crippen LogP contribution is 2.23. The first kappa shape index (κ1) is 17.6. The Labute approximate surface area is 148 Å². The van der Waals surface area contributed by atoms with Crippen molar-refractivity contribution in [1.82, 2.24) is 4.72 Å². The molecule has 1 aliphatic rings. The first-order valence-corrected chi connectivity index (χ1v) is 9.73. The zero-order valence-corrected chi connectivity index (χ0v) is 15.4. The smallest absolute Gasteiger partial charge is 0.245 e. The predicted octanol–water partition coefficient (Wildman–Crippen LogP) is 2.70. The quantitative estimate of drug-likeness (QED) is 0.914. The number of nitrogens with zero attached hydrogens (tertiary/aromatic N) is 1. The SMILES string of the molecule is Cc1ccc(N2CCC(NS(=O)(=O)c3cc(C)cc(C)c3)C2=O)cc1. The molecule has 25 heavy (non-hydrogen) atoms. The molecule has 1 aliphatic heterocycles. The molecule has 1 saturated heterocycles. The lowest BCUT2D eigenvalue weighted by atomic mass is 10.2. The zero-order chi connectivity index (χ0) is 18.2. The zero-order valence-electron chi connectivity index (χ0n) is 14.6. The van der Waals surface area contributed by atoms with Crippen molar-refractivity contribution in [3.8, 4) is 0 Å². The van der Waals surface area contributed by atoms with Crippen molar-refractivity contribution in [3.63, 3.8) is 0 Å². The van der Waals surface area contributed by atoms with Crippen molar-refractivity contribution in [3.05, 3.63) is 59.2 Å². The summed E-state index contributed by atoms with van der Waals surface area (Å²) in [5.74, 6) is -0.211. The molecule has 132 valence electrons. The van der Waals surface area contributed by atoms with Gasteiger partial charge in [0.15, 0.2) is 0 Å². The average molecular weight is 358 g/mol. The molecule has 1 amide bonds.